The van der Waals surface area contributed by atoms with E-state index in [-0.39, 0.29) is 17.0 Å². The third-order valence-electron chi connectivity index (χ3n) is 3.79. The van der Waals surface area contributed by atoms with Gasteiger partial charge in [0.05, 0.1) is 4.90 Å². The predicted molar refractivity (Wildman–Crippen MR) is 88.5 cm³/mol. The minimum Gasteiger partial charge on any atom is -0.458 e. The monoisotopic (exact) mass is 337 g/mol. The van der Waals surface area contributed by atoms with E-state index in [0.717, 1.165) is 30.4 Å². The van der Waals surface area contributed by atoms with Crippen LogP contribution < -0.4 is 4.72 Å². The summed E-state index contributed by atoms with van der Waals surface area (Å²) in [6, 6.07) is 6.77. The summed E-state index contributed by atoms with van der Waals surface area (Å²) < 4.78 is 32.2. The van der Waals surface area contributed by atoms with Crippen LogP contribution in [0.25, 0.3) is 0 Å². The normalized spacial score (nSPS) is 18.3. The van der Waals surface area contributed by atoms with E-state index >= 15 is 0 Å². The molecule has 1 unspecified atom stereocenters. The number of sulfonamides is 1. The van der Waals surface area contributed by atoms with Crippen molar-refractivity contribution < 1.29 is 17.9 Å². The number of ether oxygens (including phenoxy) is 1. The fourth-order valence-electron chi connectivity index (χ4n) is 2.62. The second kappa shape index (κ2) is 7.75. The van der Waals surface area contributed by atoms with Gasteiger partial charge in [-0.05, 0) is 50.8 Å². The Morgan fingerprint density at radius 3 is 2.65 bits per heavy atom. The lowest BCUT2D eigenvalue weighted by Crippen LogP contribution is -2.26. The van der Waals surface area contributed by atoms with Gasteiger partial charge in [0.1, 0.15) is 6.10 Å². The summed E-state index contributed by atoms with van der Waals surface area (Å²) in [5.74, 6) is -0.285. The highest BCUT2D eigenvalue weighted by Gasteiger charge is 2.17. The fourth-order valence-corrected chi connectivity index (χ4v) is 3.65. The van der Waals surface area contributed by atoms with Crippen molar-refractivity contribution in [2.45, 2.75) is 50.5 Å². The van der Waals surface area contributed by atoms with Gasteiger partial charge in [0, 0.05) is 13.5 Å². The Balaban J connectivity index is 1.89. The van der Waals surface area contributed by atoms with Crippen LogP contribution in [0, 0.1) is 6.92 Å². The number of rotatable bonds is 6. The molecule has 2 rings (SSSR count). The van der Waals surface area contributed by atoms with Crippen LogP contribution in [-0.2, 0) is 19.6 Å². The average Bonchev–Trinajstić information content (AvgIpc) is 2.47. The molecule has 5 nitrogen and oxygen atoms in total. The molecule has 1 aromatic carbocycles. The third kappa shape index (κ3) is 5.48. The Bertz CT molecular complexity index is 677. The van der Waals surface area contributed by atoms with Gasteiger partial charge < -0.3 is 4.74 Å². The summed E-state index contributed by atoms with van der Waals surface area (Å²) in [7, 11) is -3.47. The lowest BCUT2D eigenvalue weighted by atomic mass is 9.95. The fraction of sp³-hybridized carbons (Fsp3) is 0.471. The molecule has 0 bridgehead atoms. The van der Waals surface area contributed by atoms with E-state index in [1.54, 1.807) is 24.3 Å². The zero-order valence-electron chi connectivity index (χ0n) is 13.5. The lowest BCUT2D eigenvalue weighted by molar-refractivity contribution is -0.144. The SMILES string of the molecule is CC(=O)OC1C=C(CCNS(=O)(=O)c2ccc(C)cc2)CCC1. The zero-order chi connectivity index (χ0) is 16.9. The van der Waals surface area contributed by atoms with Crippen molar-refractivity contribution in [3.8, 4) is 0 Å². The van der Waals surface area contributed by atoms with E-state index in [1.807, 2.05) is 13.0 Å². The second-order valence-electron chi connectivity index (χ2n) is 5.83. The minimum absolute atomic E-state index is 0.176. The third-order valence-corrected chi connectivity index (χ3v) is 5.27. The van der Waals surface area contributed by atoms with Gasteiger partial charge in [0.25, 0.3) is 0 Å². The van der Waals surface area contributed by atoms with Crippen LogP contribution >= 0.6 is 0 Å². The number of benzene rings is 1. The number of carbonyl (C=O) groups is 1. The van der Waals surface area contributed by atoms with E-state index in [2.05, 4.69) is 4.72 Å². The Morgan fingerprint density at radius 1 is 1.30 bits per heavy atom. The number of esters is 1. The van der Waals surface area contributed by atoms with Gasteiger partial charge in [-0.2, -0.15) is 0 Å². The standard InChI is InChI=1S/C17H23NO4S/c1-13-6-8-17(9-7-13)23(20,21)18-11-10-15-4-3-5-16(12-15)22-14(2)19/h6-9,12,16,18H,3-5,10-11H2,1-2H3. The molecule has 0 aromatic heterocycles. The number of hydrogen-bond donors (Lipinski definition) is 1. The van der Waals surface area contributed by atoms with Crippen LogP contribution in [0.2, 0.25) is 0 Å². The van der Waals surface area contributed by atoms with Crippen LogP contribution in [0.3, 0.4) is 0 Å². The molecule has 0 fully saturated rings. The van der Waals surface area contributed by atoms with Crippen LogP contribution in [0.1, 0.15) is 38.2 Å². The Kier molecular flexibility index (Phi) is 5.96. The van der Waals surface area contributed by atoms with Crippen LogP contribution in [-0.4, -0.2) is 27.0 Å². The molecule has 0 amide bonds. The molecule has 0 heterocycles. The van der Waals surface area contributed by atoms with Crippen molar-refractivity contribution in [1.82, 2.24) is 4.72 Å². The predicted octanol–water partition coefficient (Wildman–Crippen LogP) is 2.71. The number of nitrogens with one attached hydrogen (secondary N) is 1. The first-order valence-electron chi connectivity index (χ1n) is 7.80. The molecule has 6 heteroatoms. The summed E-state index contributed by atoms with van der Waals surface area (Å²) in [5.41, 5.74) is 2.15. The Morgan fingerprint density at radius 2 is 2.00 bits per heavy atom. The highest BCUT2D eigenvalue weighted by Crippen LogP contribution is 2.22. The molecule has 1 aliphatic rings. The molecule has 1 aromatic rings. The first-order valence-corrected chi connectivity index (χ1v) is 9.28. The van der Waals surface area contributed by atoms with E-state index in [1.165, 1.54) is 6.92 Å². The average molecular weight is 337 g/mol. The van der Waals surface area contributed by atoms with Crippen molar-refractivity contribution in [3.63, 3.8) is 0 Å². The summed E-state index contributed by atoms with van der Waals surface area (Å²) in [5, 5.41) is 0. The van der Waals surface area contributed by atoms with Crippen molar-refractivity contribution in [1.29, 1.82) is 0 Å². The molecule has 0 spiro atoms. The molecule has 0 aliphatic heterocycles. The molecule has 1 aliphatic carbocycles. The van der Waals surface area contributed by atoms with Gasteiger partial charge in [-0.3, -0.25) is 4.79 Å². The van der Waals surface area contributed by atoms with E-state index in [4.69, 9.17) is 4.74 Å². The molecule has 0 saturated heterocycles. The largest absolute Gasteiger partial charge is 0.458 e. The second-order valence-corrected chi connectivity index (χ2v) is 7.59. The molecule has 0 radical (unpaired) electrons. The van der Waals surface area contributed by atoms with Gasteiger partial charge in [0.15, 0.2) is 0 Å². The summed E-state index contributed by atoms with van der Waals surface area (Å²) >= 11 is 0. The van der Waals surface area contributed by atoms with Gasteiger partial charge in [-0.25, -0.2) is 13.1 Å². The summed E-state index contributed by atoms with van der Waals surface area (Å²) in [6.07, 6.45) is 5.11. The minimum atomic E-state index is -3.47. The van der Waals surface area contributed by atoms with E-state index in [0.29, 0.717) is 13.0 Å². The number of carbonyl (C=O) groups excluding carboxylic acids is 1. The van der Waals surface area contributed by atoms with Crippen LogP contribution in [0.4, 0.5) is 0 Å². The molecule has 23 heavy (non-hydrogen) atoms. The van der Waals surface area contributed by atoms with Crippen molar-refractivity contribution in [3.05, 3.63) is 41.5 Å². The topological polar surface area (TPSA) is 72.5 Å². The van der Waals surface area contributed by atoms with Crippen molar-refractivity contribution in [2.75, 3.05) is 6.54 Å². The Labute approximate surface area is 137 Å². The van der Waals surface area contributed by atoms with Gasteiger partial charge >= 0.3 is 5.97 Å². The number of aryl methyl sites for hydroxylation is 1. The highest BCUT2D eigenvalue weighted by molar-refractivity contribution is 7.89. The lowest BCUT2D eigenvalue weighted by Gasteiger charge is -2.21. The molecule has 0 saturated carbocycles. The molecular formula is C17H23NO4S. The Hall–Kier alpha value is -1.66. The first kappa shape index (κ1) is 17.7. The van der Waals surface area contributed by atoms with Crippen molar-refractivity contribution >= 4 is 16.0 Å². The summed E-state index contributed by atoms with van der Waals surface area (Å²) in [6.45, 7) is 3.66. The van der Waals surface area contributed by atoms with Gasteiger partial charge in [-0.15, -0.1) is 0 Å². The maximum absolute atomic E-state index is 12.2. The zero-order valence-corrected chi connectivity index (χ0v) is 14.4. The molecular weight excluding hydrogens is 314 g/mol. The van der Waals surface area contributed by atoms with E-state index < -0.39 is 10.0 Å². The number of hydrogen-bond acceptors (Lipinski definition) is 4. The van der Waals surface area contributed by atoms with E-state index in [9.17, 15) is 13.2 Å². The maximum Gasteiger partial charge on any atom is 0.303 e. The van der Waals surface area contributed by atoms with Gasteiger partial charge in [0.2, 0.25) is 10.0 Å². The highest BCUT2D eigenvalue weighted by atomic mass is 32.2. The van der Waals surface area contributed by atoms with Crippen LogP contribution in [0.15, 0.2) is 40.8 Å². The quantitative estimate of drug-likeness (QED) is 0.640. The van der Waals surface area contributed by atoms with Crippen molar-refractivity contribution in [2.24, 2.45) is 0 Å². The maximum atomic E-state index is 12.2. The molecule has 126 valence electrons. The van der Waals surface area contributed by atoms with Gasteiger partial charge in [-0.1, -0.05) is 23.3 Å². The first-order chi connectivity index (χ1) is 10.9. The smallest absolute Gasteiger partial charge is 0.303 e. The molecule has 1 atom stereocenters. The molecule has 1 N–H and O–H groups in total. The summed E-state index contributed by atoms with van der Waals surface area (Å²) in [4.78, 5) is 11.3. The van der Waals surface area contributed by atoms with Crippen LogP contribution in [0.5, 0.6) is 0 Å².